The highest BCUT2D eigenvalue weighted by atomic mass is 15.1. The number of nitriles is 1. The number of hydrogen-bond donors (Lipinski definition) is 2. The number of anilines is 1. The van der Waals surface area contributed by atoms with E-state index in [1.807, 2.05) is 24.3 Å². The van der Waals surface area contributed by atoms with Crippen LogP contribution in [0.5, 0.6) is 0 Å². The van der Waals surface area contributed by atoms with Crippen LogP contribution in [0.4, 0.5) is 5.69 Å². The molecule has 0 saturated carbocycles. The lowest BCUT2D eigenvalue weighted by Crippen LogP contribution is -2.45. The van der Waals surface area contributed by atoms with Crippen molar-refractivity contribution in [1.82, 2.24) is 15.5 Å². The molecule has 0 unspecified atom stereocenters. The third-order valence-corrected chi connectivity index (χ3v) is 3.91. The van der Waals surface area contributed by atoms with Crippen molar-refractivity contribution in [3.05, 3.63) is 30.0 Å². The van der Waals surface area contributed by atoms with E-state index in [0.717, 1.165) is 42.5 Å². The summed E-state index contributed by atoms with van der Waals surface area (Å²) in [4.78, 5) is 0. The van der Waals surface area contributed by atoms with Crippen LogP contribution in [0.25, 0.3) is 10.9 Å². The van der Waals surface area contributed by atoms with Gasteiger partial charge in [-0.3, -0.25) is 0 Å². The maximum Gasteiger partial charge on any atom is 0.186 e. The average Bonchev–Trinajstić information content (AvgIpc) is 2.48. The average molecular weight is 267 g/mol. The molecule has 0 atom stereocenters. The Labute approximate surface area is 118 Å². The van der Waals surface area contributed by atoms with Crippen LogP contribution in [0.1, 0.15) is 25.5 Å². The zero-order valence-electron chi connectivity index (χ0n) is 11.5. The summed E-state index contributed by atoms with van der Waals surface area (Å²) in [6.07, 6.45) is 2.04. The van der Waals surface area contributed by atoms with Gasteiger partial charge >= 0.3 is 0 Å². The van der Waals surface area contributed by atoms with E-state index in [2.05, 4.69) is 33.8 Å². The minimum atomic E-state index is -0.0113. The lowest BCUT2D eigenvalue weighted by atomic mass is 9.90. The molecule has 1 aromatic carbocycles. The SMILES string of the molecule is CC1(Nc2c(C#N)nnc3ccccc23)CCNCC1. The van der Waals surface area contributed by atoms with E-state index in [9.17, 15) is 5.26 Å². The van der Waals surface area contributed by atoms with Crippen LogP contribution < -0.4 is 10.6 Å². The first-order valence-corrected chi connectivity index (χ1v) is 6.86. The second-order valence-corrected chi connectivity index (χ2v) is 5.49. The van der Waals surface area contributed by atoms with E-state index in [4.69, 9.17) is 0 Å². The molecule has 1 saturated heterocycles. The number of nitrogens with zero attached hydrogens (tertiary/aromatic N) is 3. The fourth-order valence-corrected chi connectivity index (χ4v) is 2.66. The molecule has 102 valence electrons. The number of nitrogens with one attached hydrogen (secondary N) is 2. The Morgan fingerprint density at radius 3 is 2.75 bits per heavy atom. The fraction of sp³-hybridized carbons (Fsp3) is 0.400. The highest BCUT2D eigenvalue weighted by molar-refractivity contribution is 5.93. The predicted molar refractivity (Wildman–Crippen MR) is 78.4 cm³/mol. The summed E-state index contributed by atoms with van der Waals surface area (Å²) in [5.74, 6) is 0. The zero-order valence-corrected chi connectivity index (χ0v) is 11.5. The van der Waals surface area contributed by atoms with E-state index in [1.54, 1.807) is 0 Å². The minimum absolute atomic E-state index is 0.0113. The standard InChI is InChI=1S/C15H17N5/c1-15(6-8-17-9-7-15)18-14-11-4-2-3-5-12(11)19-20-13(14)10-16/h2-5,17H,6-9H2,1H3,(H,18,19). The van der Waals surface area contributed by atoms with Gasteiger partial charge in [0, 0.05) is 10.9 Å². The van der Waals surface area contributed by atoms with Crippen molar-refractivity contribution in [1.29, 1.82) is 5.26 Å². The number of aromatic nitrogens is 2. The minimum Gasteiger partial charge on any atom is -0.377 e. The van der Waals surface area contributed by atoms with Gasteiger partial charge in [0.2, 0.25) is 0 Å². The number of hydrogen-bond acceptors (Lipinski definition) is 5. The topological polar surface area (TPSA) is 73.6 Å². The lowest BCUT2D eigenvalue weighted by molar-refractivity contribution is 0.365. The summed E-state index contributed by atoms with van der Waals surface area (Å²) < 4.78 is 0. The first-order valence-electron chi connectivity index (χ1n) is 6.86. The molecular formula is C15H17N5. The summed E-state index contributed by atoms with van der Waals surface area (Å²) in [6.45, 7) is 4.17. The summed E-state index contributed by atoms with van der Waals surface area (Å²) >= 11 is 0. The monoisotopic (exact) mass is 267 g/mol. The number of piperidine rings is 1. The van der Waals surface area contributed by atoms with E-state index < -0.39 is 0 Å². The first-order chi connectivity index (χ1) is 9.72. The second-order valence-electron chi connectivity index (χ2n) is 5.49. The second kappa shape index (κ2) is 5.06. The summed E-state index contributed by atoms with van der Waals surface area (Å²) in [5, 5.41) is 25.3. The van der Waals surface area contributed by atoms with Gasteiger partial charge in [0.05, 0.1) is 11.2 Å². The van der Waals surface area contributed by atoms with Crippen LogP contribution in [0.3, 0.4) is 0 Å². The third kappa shape index (κ3) is 2.30. The van der Waals surface area contributed by atoms with Crippen molar-refractivity contribution < 1.29 is 0 Å². The maximum absolute atomic E-state index is 9.29. The van der Waals surface area contributed by atoms with Gasteiger partial charge in [-0.05, 0) is 38.9 Å². The summed E-state index contributed by atoms with van der Waals surface area (Å²) in [7, 11) is 0. The molecule has 5 heteroatoms. The summed E-state index contributed by atoms with van der Waals surface area (Å²) in [6, 6.07) is 9.93. The highest BCUT2D eigenvalue weighted by Gasteiger charge is 2.28. The van der Waals surface area contributed by atoms with Crippen LogP contribution >= 0.6 is 0 Å². The molecule has 0 spiro atoms. The van der Waals surface area contributed by atoms with Crippen molar-refractivity contribution >= 4 is 16.6 Å². The molecule has 0 bridgehead atoms. The molecule has 0 amide bonds. The van der Waals surface area contributed by atoms with E-state index in [-0.39, 0.29) is 5.54 Å². The van der Waals surface area contributed by atoms with Gasteiger partial charge in [0.25, 0.3) is 0 Å². The molecule has 1 aliphatic heterocycles. The van der Waals surface area contributed by atoms with Crippen LogP contribution in [0.15, 0.2) is 24.3 Å². The largest absolute Gasteiger partial charge is 0.377 e. The molecule has 2 heterocycles. The smallest absolute Gasteiger partial charge is 0.186 e. The highest BCUT2D eigenvalue weighted by Crippen LogP contribution is 2.30. The van der Waals surface area contributed by atoms with Gasteiger partial charge < -0.3 is 10.6 Å². The van der Waals surface area contributed by atoms with E-state index >= 15 is 0 Å². The van der Waals surface area contributed by atoms with E-state index in [0.29, 0.717) is 5.69 Å². The molecule has 1 fully saturated rings. The van der Waals surface area contributed by atoms with Crippen LogP contribution in [-0.4, -0.2) is 28.8 Å². The summed E-state index contributed by atoms with van der Waals surface area (Å²) in [5.41, 5.74) is 1.97. The Morgan fingerprint density at radius 1 is 1.25 bits per heavy atom. The van der Waals surface area contributed by atoms with Crippen LogP contribution in [0, 0.1) is 11.3 Å². The molecule has 2 N–H and O–H groups in total. The van der Waals surface area contributed by atoms with Crippen molar-refractivity contribution in [2.75, 3.05) is 18.4 Å². The van der Waals surface area contributed by atoms with E-state index in [1.165, 1.54) is 0 Å². The molecule has 2 aromatic rings. The number of fused-ring (bicyclic) bond motifs is 1. The fourth-order valence-electron chi connectivity index (χ4n) is 2.66. The number of benzene rings is 1. The Morgan fingerprint density at radius 2 is 2.00 bits per heavy atom. The Hall–Kier alpha value is -2.19. The normalized spacial score (nSPS) is 17.6. The lowest BCUT2D eigenvalue weighted by Gasteiger charge is -2.36. The number of rotatable bonds is 2. The van der Waals surface area contributed by atoms with Crippen molar-refractivity contribution in [3.8, 4) is 6.07 Å². The molecule has 0 radical (unpaired) electrons. The molecule has 0 aliphatic carbocycles. The molecule has 1 aliphatic rings. The third-order valence-electron chi connectivity index (χ3n) is 3.91. The molecule has 20 heavy (non-hydrogen) atoms. The van der Waals surface area contributed by atoms with Gasteiger partial charge in [0.1, 0.15) is 6.07 Å². The molecular weight excluding hydrogens is 250 g/mol. The first kappa shape index (κ1) is 12.8. The Balaban J connectivity index is 2.07. The van der Waals surface area contributed by atoms with Crippen LogP contribution in [0.2, 0.25) is 0 Å². The van der Waals surface area contributed by atoms with Gasteiger partial charge in [-0.25, -0.2) is 0 Å². The van der Waals surface area contributed by atoms with Gasteiger partial charge in [0.15, 0.2) is 5.69 Å². The predicted octanol–water partition coefficient (Wildman–Crippen LogP) is 2.06. The maximum atomic E-state index is 9.29. The molecule has 5 nitrogen and oxygen atoms in total. The molecule has 1 aromatic heterocycles. The Bertz CT molecular complexity index is 668. The van der Waals surface area contributed by atoms with Gasteiger partial charge in [-0.2, -0.15) is 5.26 Å². The van der Waals surface area contributed by atoms with Gasteiger partial charge in [-0.1, -0.05) is 18.2 Å². The van der Waals surface area contributed by atoms with Crippen molar-refractivity contribution in [3.63, 3.8) is 0 Å². The van der Waals surface area contributed by atoms with Crippen LogP contribution in [-0.2, 0) is 0 Å². The Kier molecular flexibility index (Phi) is 3.25. The quantitative estimate of drug-likeness (QED) is 0.871. The van der Waals surface area contributed by atoms with Crippen molar-refractivity contribution in [2.24, 2.45) is 0 Å². The van der Waals surface area contributed by atoms with Crippen molar-refractivity contribution in [2.45, 2.75) is 25.3 Å². The van der Waals surface area contributed by atoms with Gasteiger partial charge in [-0.15, -0.1) is 10.2 Å². The molecule has 3 rings (SSSR count). The zero-order chi connectivity index (χ0) is 14.0.